The van der Waals surface area contributed by atoms with E-state index in [1.807, 2.05) is 0 Å². The van der Waals surface area contributed by atoms with Crippen LogP contribution in [-0.2, 0) is 4.79 Å². The van der Waals surface area contributed by atoms with Crippen molar-refractivity contribution in [3.05, 3.63) is 30.2 Å². The number of fused-ring (bicyclic) bond motifs is 1. The maximum absolute atomic E-state index is 12.3. The lowest BCUT2D eigenvalue weighted by atomic mass is 10.3. The van der Waals surface area contributed by atoms with Gasteiger partial charge in [0, 0.05) is 17.0 Å². The fraction of sp³-hybridized carbons (Fsp3) is 0.0909. The third-order valence-corrected chi connectivity index (χ3v) is 2.77. The number of carboxylic acids is 1. The predicted octanol–water partition coefficient (Wildman–Crippen LogP) is 3.54. The van der Waals surface area contributed by atoms with E-state index in [2.05, 4.69) is 4.98 Å². The molecule has 2 rings (SSSR count). The molecule has 0 bridgehead atoms. The Kier molecular flexibility index (Phi) is 3.52. The number of alkyl halides is 3. The largest absolute Gasteiger partial charge is 0.478 e. The molecule has 2 aromatic rings. The van der Waals surface area contributed by atoms with Crippen molar-refractivity contribution in [2.24, 2.45) is 0 Å². The molecule has 100 valence electrons. The van der Waals surface area contributed by atoms with E-state index >= 15 is 0 Å². The van der Waals surface area contributed by atoms with Crippen LogP contribution in [0.4, 0.5) is 13.2 Å². The lowest BCUT2D eigenvalue weighted by molar-refractivity contribution is -0.131. The summed E-state index contributed by atoms with van der Waals surface area (Å²) in [6.07, 6.45) is 1.87. The highest BCUT2D eigenvalue weighted by atomic mass is 32.2. The van der Waals surface area contributed by atoms with Gasteiger partial charge < -0.3 is 9.52 Å². The SMILES string of the molecule is O=C(O)/C=C/c1nc2c(SC(F)(F)F)cccc2o1. The Bertz CT molecular complexity index is 648. The molecule has 0 fully saturated rings. The highest BCUT2D eigenvalue weighted by Crippen LogP contribution is 2.40. The Morgan fingerprint density at radius 2 is 2.16 bits per heavy atom. The summed E-state index contributed by atoms with van der Waals surface area (Å²) in [4.78, 5) is 14.1. The Labute approximate surface area is 108 Å². The number of rotatable bonds is 3. The van der Waals surface area contributed by atoms with Crippen molar-refractivity contribution in [2.75, 3.05) is 0 Å². The molecule has 0 atom stereocenters. The van der Waals surface area contributed by atoms with E-state index in [-0.39, 0.29) is 33.6 Å². The molecule has 0 saturated heterocycles. The molecule has 4 nitrogen and oxygen atoms in total. The van der Waals surface area contributed by atoms with Gasteiger partial charge in [0.2, 0.25) is 5.89 Å². The lowest BCUT2D eigenvalue weighted by Gasteiger charge is -2.04. The number of thioether (sulfide) groups is 1. The van der Waals surface area contributed by atoms with Gasteiger partial charge in [0.15, 0.2) is 5.58 Å². The third-order valence-electron chi connectivity index (χ3n) is 1.99. The molecule has 0 spiro atoms. The van der Waals surface area contributed by atoms with Crippen molar-refractivity contribution in [2.45, 2.75) is 10.4 Å². The molecule has 1 aromatic heterocycles. The van der Waals surface area contributed by atoms with Crippen LogP contribution in [0.15, 0.2) is 33.6 Å². The number of aliphatic carboxylic acids is 1. The van der Waals surface area contributed by atoms with E-state index in [0.717, 1.165) is 12.2 Å². The van der Waals surface area contributed by atoms with Crippen LogP contribution in [0.5, 0.6) is 0 Å². The van der Waals surface area contributed by atoms with Crippen molar-refractivity contribution in [3.63, 3.8) is 0 Å². The number of hydrogen-bond donors (Lipinski definition) is 1. The number of hydrogen-bond acceptors (Lipinski definition) is 4. The van der Waals surface area contributed by atoms with Crippen molar-refractivity contribution in [3.8, 4) is 0 Å². The molecular formula is C11H6F3NO3S. The summed E-state index contributed by atoms with van der Waals surface area (Å²) in [6.45, 7) is 0. The maximum atomic E-state index is 12.3. The van der Waals surface area contributed by atoms with Gasteiger partial charge in [-0.25, -0.2) is 9.78 Å². The molecule has 19 heavy (non-hydrogen) atoms. The molecule has 0 radical (unpaired) electrons. The number of aromatic nitrogens is 1. The van der Waals surface area contributed by atoms with E-state index in [4.69, 9.17) is 9.52 Å². The van der Waals surface area contributed by atoms with Crippen LogP contribution in [-0.4, -0.2) is 21.6 Å². The summed E-state index contributed by atoms with van der Waals surface area (Å²) >= 11 is -0.295. The maximum Gasteiger partial charge on any atom is 0.446 e. The number of oxazole rings is 1. The predicted molar refractivity (Wildman–Crippen MR) is 62.6 cm³/mol. The molecule has 0 amide bonds. The molecular weight excluding hydrogens is 283 g/mol. The van der Waals surface area contributed by atoms with Gasteiger partial charge in [-0.15, -0.1) is 0 Å². The number of carbonyl (C=O) groups is 1. The topological polar surface area (TPSA) is 63.3 Å². The molecule has 0 aliphatic heterocycles. The Morgan fingerprint density at radius 3 is 2.79 bits per heavy atom. The van der Waals surface area contributed by atoms with E-state index in [1.54, 1.807) is 0 Å². The second kappa shape index (κ2) is 4.96. The number of para-hydroxylation sites is 1. The number of nitrogens with zero attached hydrogens (tertiary/aromatic N) is 1. The van der Waals surface area contributed by atoms with Crippen molar-refractivity contribution in [1.82, 2.24) is 4.98 Å². The average molecular weight is 289 g/mol. The zero-order valence-electron chi connectivity index (χ0n) is 9.14. The first kappa shape index (κ1) is 13.5. The van der Waals surface area contributed by atoms with Gasteiger partial charge in [0.25, 0.3) is 0 Å². The molecule has 8 heteroatoms. The molecule has 0 unspecified atom stereocenters. The Hall–Kier alpha value is -1.96. The van der Waals surface area contributed by atoms with E-state index in [0.29, 0.717) is 0 Å². The first-order chi connectivity index (χ1) is 8.85. The molecule has 1 heterocycles. The van der Waals surface area contributed by atoms with Crippen LogP contribution in [0.2, 0.25) is 0 Å². The second-order valence-corrected chi connectivity index (χ2v) is 4.48. The monoisotopic (exact) mass is 289 g/mol. The quantitative estimate of drug-likeness (QED) is 0.691. The zero-order chi connectivity index (χ0) is 14.0. The van der Waals surface area contributed by atoms with Gasteiger partial charge in [0.05, 0.1) is 0 Å². The van der Waals surface area contributed by atoms with Crippen molar-refractivity contribution < 1.29 is 27.5 Å². The molecule has 0 aliphatic rings. The van der Waals surface area contributed by atoms with Crippen molar-refractivity contribution >= 4 is 34.9 Å². The number of carboxylic acid groups (broad SMARTS) is 1. The number of halogens is 3. The molecule has 1 N–H and O–H groups in total. The minimum absolute atomic E-state index is 0.0508. The van der Waals surface area contributed by atoms with Crippen LogP contribution in [0.25, 0.3) is 17.2 Å². The van der Waals surface area contributed by atoms with E-state index in [9.17, 15) is 18.0 Å². The van der Waals surface area contributed by atoms with Gasteiger partial charge in [-0.2, -0.15) is 13.2 Å². The normalized spacial score (nSPS) is 12.4. The van der Waals surface area contributed by atoms with Crippen LogP contribution in [0, 0.1) is 0 Å². The minimum Gasteiger partial charge on any atom is -0.478 e. The first-order valence-electron chi connectivity index (χ1n) is 4.91. The second-order valence-electron chi connectivity index (χ2n) is 3.37. The van der Waals surface area contributed by atoms with Crippen LogP contribution in [0.1, 0.15) is 5.89 Å². The fourth-order valence-corrected chi connectivity index (χ4v) is 2.00. The Morgan fingerprint density at radius 1 is 1.42 bits per heavy atom. The zero-order valence-corrected chi connectivity index (χ0v) is 9.96. The summed E-state index contributed by atoms with van der Waals surface area (Å²) in [5.41, 5.74) is -4.21. The van der Waals surface area contributed by atoms with Gasteiger partial charge >= 0.3 is 11.5 Å². The standard InChI is InChI=1S/C11H6F3NO3S/c12-11(13,14)19-7-3-1-2-6-10(7)15-8(18-6)4-5-9(16)17/h1-5H,(H,16,17)/b5-4+. The van der Waals surface area contributed by atoms with E-state index in [1.165, 1.54) is 18.2 Å². The molecule has 1 aromatic carbocycles. The summed E-state index contributed by atoms with van der Waals surface area (Å²) < 4.78 is 42.2. The van der Waals surface area contributed by atoms with E-state index < -0.39 is 11.5 Å². The summed E-state index contributed by atoms with van der Waals surface area (Å²) in [7, 11) is 0. The Balaban J connectivity index is 2.42. The summed E-state index contributed by atoms with van der Waals surface area (Å²) in [6, 6.07) is 4.14. The van der Waals surface area contributed by atoms with Crippen LogP contribution in [0.3, 0.4) is 0 Å². The molecule has 0 aliphatic carbocycles. The van der Waals surface area contributed by atoms with Crippen LogP contribution >= 0.6 is 11.8 Å². The minimum atomic E-state index is -4.43. The third kappa shape index (κ3) is 3.50. The van der Waals surface area contributed by atoms with Crippen LogP contribution < -0.4 is 0 Å². The van der Waals surface area contributed by atoms with Gasteiger partial charge in [-0.3, -0.25) is 0 Å². The fourth-order valence-electron chi connectivity index (χ4n) is 1.36. The lowest BCUT2D eigenvalue weighted by Crippen LogP contribution is -1.99. The highest BCUT2D eigenvalue weighted by Gasteiger charge is 2.30. The molecule has 0 saturated carbocycles. The van der Waals surface area contributed by atoms with Gasteiger partial charge in [0.1, 0.15) is 5.52 Å². The summed E-state index contributed by atoms with van der Waals surface area (Å²) in [5, 5.41) is 8.45. The average Bonchev–Trinajstić information content (AvgIpc) is 2.68. The van der Waals surface area contributed by atoms with Crippen molar-refractivity contribution in [1.29, 1.82) is 0 Å². The number of benzene rings is 1. The summed E-state index contributed by atoms with van der Waals surface area (Å²) in [5.74, 6) is -1.26. The first-order valence-corrected chi connectivity index (χ1v) is 5.73. The van der Waals surface area contributed by atoms with Gasteiger partial charge in [-0.05, 0) is 23.9 Å². The smallest absolute Gasteiger partial charge is 0.446 e. The highest BCUT2D eigenvalue weighted by molar-refractivity contribution is 8.00. The van der Waals surface area contributed by atoms with Gasteiger partial charge in [-0.1, -0.05) is 6.07 Å².